The van der Waals surface area contributed by atoms with E-state index in [9.17, 15) is 0 Å². The van der Waals surface area contributed by atoms with Gasteiger partial charge in [-0.1, -0.05) is 18.2 Å². The normalized spacial score (nSPS) is 24.5. The van der Waals surface area contributed by atoms with Crippen molar-refractivity contribution in [3.8, 4) is 0 Å². The summed E-state index contributed by atoms with van der Waals surface area (Å²) >= 11 is 2.01. The van der Waals surface area contributed by atoms with Gasteiger partial charge in [-0.15, -0.1) is 18.3 Å². The van der Waals surface area contributed by atoms with Crippen molar-refractivity contribution in [2.24, 2.45) is 0 Å². The Morgan fingerprint density at radius 3 is 3.09 bits per heavy atom. The molecule has 1 unspecified atom stereocenters. The van der Waals surface area contributed by atoms with Crippen LogP contribution >= 0.6 is 11.8 Å². The summed E-state index contributed by atoms with van der Waals surface area (Å²) in [4.78, 5) is 0. The average Bonchev–Trinajstić information content (AvgIpc) is 2.50. The standard InChI is InChI=1S/C9H15NS/c1-2-3-4-5-6-9-10-7-8-11-9/h2,4-5,9-10H,1,3,6-8H2/b5-4+. The quantitative estimate of drug-likeness (QED) is 0.647. The van der Waals surface area contributed by atoms with Crippen LogP contribution in [-0.2, 0) is 0 Å². The van der Waals surface area contributed by atoms with Crippen LogP contribution in [0, 0.1) is 0 Å². The molecule has 1 N–H and O–H groups in total. The lowest BCUT2D eigenvalue weighted by atomic mass is 10.3. The van der Waals surface area contributed by atoms with Crippen molar-refractivity contribution in [1.82, 2.24) is 5.32 Å². The number of nitrogens with one attached hydrogen (secondary N) is 1. The zero-order valence-corrected chi connectivity index (χ0v) is 7.57. The summed E-state index contributed by atoms with van der Waals surface area (Å²) in [6, 6.07) is 0. The number of rotatable bonds is 4. The molecule has 62 valence electrons. The molecule has 1 heterocycles. The molecule has 1 aliphatic rings. The average molecular weight is 169 g/mol. The summed E-state index contributed by atoms with van der Waals surface area (Å²) in [6.45, 7) is 4.83. The molecule has 1 rings (SSSR count). The lowest BCUT2D eigenvalue weighted by molar-refractivity contribution is 0.718. The van der Waals surface area contributed by atoms with E-state index in [2.05, 4.69) is 24.0 Å². The molecule has 0 aromatic rings. The fourth-order valence-electron chi connectivity index (χ4n) is 1.04. The van der Waals surface area contributed by atoms with Crippen LogP contribution in [0.3, 0.4) is 0 Å². The lowest BCUT2D eigenvalue weighted by Crippen LogP contribution is -2.18. The minimum absolute atomic E-state index is 0.663. The largest absolute Gasteiger partial charge is 0.304 e. The Kier molecular flexibility index (Phi) is 4.39. The molecular weight excluding hydrogens is 154 g/mol. The third kappa shape index (κ3) is 3.63. The Labute approximate surface area is 72.9 Å². The van der Waals surface area contributed by atoms with Gasteiger partial charge in [0.05, 0.1) is 5.37 Å². The molecular formula is C9H15NS. The van der Waals surface area contributed by atoms with Gasteiger partial charge < -0.3 is 5.32 Å². The second-order valence-corrected chi connectivity index (χ2v) is 3.86. The summed E-state index contributed by atoms with van der Waals surface area (Å²) in [7, 11) is 0. The first-order valence-corrected chi connectivity index (χ1v) is 5.09. The summed E-state index contributed by atoms with van der Waals surface area (Å²) in [5, 5.41) is 4.08. The van der Waals surface area contributed by atoms with E-state index in [1.165, 1.54) is 12.3 Å². The van der Waals surface area contributed by atoms with E-state index in [0.29, 0.717) is 5.37 Å². The van der Waals surface area contributed by atoms with E-state index >= 15 is 0 Å². The molecule has 0 aromatic heterocycles. The zero-order chi connectivity index (χ0) is 7.94. The second kappa shape index (κ2) is 5.44. The maximum Gasteiger partial charge on any atom is 0.0567 e. The van der Waals surface area contributed by atoms with E-state index in [0.717, 1.165) is 12.8 Å². The van der Waals surface area contributed by atoms with Crippen LogP contribution in [-0.4, -0.2) is 17.7 Å². The molecule has 1 nitrogen and oxygen atoms in total. The third-order valence-electron chi connectivity index (χ3n) is 1.61. The molecule has 0 aliphatic carbocycles. The minimum Gasteiger partial charge on any atom is -0.304 e. The summed E-state index contributed by atoms with van der Waals surface area (Å²) in [6.07, 6.45) is 8.48. The molecule has 1 aliphatic heterocycles. The fourth-order valence-corrected chi connectivity index (χ4v) is 2.05. The Morgan fingerprint density at radius 2 is 2.45 bits per heavy atom. The van der Waals surface area contributed by atoms with Gasteiger partial charge in [-0.3, -0.25) is 0 Å². The van der Waals surface area contributed by atoms with Gasteiger partial charge in [0.15, 0.2) is 0 Å². The molecule has 11 heavy (non-hydrogen) atoms. The van der Waals surface area contributed by atoms with Crippen molar-refractivity contribution < 1.29 is 0 Å². The second-order valence-electron chi connectivity index (χ2n) is 2.55. The van der Waals surface area contributed by atoms with Gasteiger partial charge in [0.1, 0.15) is 0 Å². The third-order valence-corrected chi connectivity index (χ3v) is 2.81. The summed E-state index contributed by atoms with van der Waals surface area (Å²) in [5.41, 5.74) is 0. The molecule has 0 spiro atoms. The Bertz CT molecular complexity index is 136. The van der Waals surface area contributed by atoms with Crippen molar-refractivity contribution in [3.63, 3.8) is 0 Å². The first-order chi connectivity index (χ1) is 5.43. The van der Waals surface area contributed by atoms with E-state index in [1.807, 2.05) is 17.8 Å². The monoisotopic (exact) mass is 169 g/mol. The number of allylic oxidation sites excluding steroid dienone is 2. The van der Waals surface area contributed by atoms with Crippen molar-refractivity contribution >= 4 is 11.8 Å². The molecule has 2 heteroatoms. The summed E-state index contributed by atoms with van der Waals surface area (Å²) in [5.74, 6) is 1.26. The highest BCUT2D eigenvalue weighted by atomic mass is 32.2. The van der Waals surface area contributed by atoms with Crippen LogP contribution < -0.4 is 5.32 Å². The molecule has 0 aromatic carbocycles. The molecule has 0 bridgehead atoms. The van der Waals surface area contributed by atoms with Gasteiger partial charge in [0.2, 0.25) is 0 Å². The minimum atomic E-state index is 0.663. The van der Waals surface area contributed by atoms with E-state index in [4.69, 9.17) is 0 Å². The van der Waals surface area contributed by atoms with Crippen LogP contribution in [0.1, 0.15) is 12.8 Å². The first kappa shape index (κ1) is 8.88. The van der Waals surface area contributed by atoms with Crippen molar-refractivity contribution in [2.45, 2.75) is 18.2 Å². The Hall–Kier alpha value is -0.210. The topological polar surface area (TPSA) is 12.0 Å². The van der Waals surface area contributed by atoms with Crippen molar-refractivity contribution in [1.29, 1.82) is 0 Å². The molecule has 1 fully saturated rings. The molecule has 1 saturated heterocycles. The lowest BCUT2D eigenvalue weighted by Gasteiger charge is -2.03. The van der Waals surface area contributed by atoms with Crippen LogP contribution in [0.25, 0.3) is 0 Å². The molecule has 0 radical (unpaired) electrons. The number of hydrogen-bond acceptors (Lipinski definition) is 2. The van der Waals surface area contributed by atoms with E-state index in [-0.39, 0.29) is 0 Å². The highest BCUT2D eigenvalue weighted by Gasteiger charge is 2.11. The molecule has 0 amide bonds. The molecule has 1 atom stereocenters. The fraction of sp³-hybridized carbons (Fsp3) is 0.556. The number of hydrogen-bond donors (Lipinski definition) is 1. The number of thioether (sulfide) groups is 1. The maximum atomic E-state index is 3.66. The highest BCUT2D eigenvalue weighted by molar-refractivity contribution is 8.00. The Balaban J connectivity index is 2.05. The van der Waals surface area contributed by atoms with Gasteiger partial charge in [-0.25, -0.2) is 0 Å². The van der Waals surface area contributed by atoms with Gasteiger partial charge in [-0.05, 0) is 12.8 Å². The van der Waals surface area contributed by atoms with Crippen LogP contribution in [0.2, 0.25) is 0 Å². The van der Waals surface area contributed by atoms with E-state index < -0.39 is 0 Å². The van der Waals surface area contributed by atoms with Gasteiger partial charge in [0.25, 0.3) is 0 Å². The van der Waals surface area contributed by atoms with Crippen molar-refractivity contribution in [2.75, 3.05) is 12.3 Å². The smallest absolute Gasteiger partial charge is 0.0567 e. The predicted molar refractivity (Wildman–Crippen MR) is 52.8 cm³/mol. The van der Waals surface area contributed by atoms with Crippen LogP contribution in [0.15, 0.2) is 24.8 Å². The van der Waals surface area contributed by atoms with Crippen LogP contribution in [0.5, 0.6) is 0 Å². The SMILES string of the molecule is C=CC/C=C/CC1NCCS1. The zero-order valence-electron chi connectivity index (χ0n) is 6.75. The van der Waals surface area contributed by atoms with E-state index in [1.54, 1.807) is 0 Å². The molecule has 0 saturated carbocycles. The van der Waals surface area contributed by atoms with Gasteiger partial charge in [0, 0.05) is 12.3 Å². The summed E-state index contributed by atoms with van der Waals surface area (Å²) < 4.78 is 0. The first-order valence-electron chi connectivity index (χ1n) is 4.04. The van der Waals surface area contributed by atoms with Crippen molar-refractivity contribution in [3.05, 3.63) is 24.8 Å². The Morgan fingerprint density at radius 1 is 1.55 bits per heavy atom. The maximum absolute atomic E-state index is 3.66. The van der Waals surface area contributed by atoms with Gasteiger partial charge >= 0.3 is 0 Å². The van der Waals surface area contributed by atoms with Crippen LogP contribution in [0.4, 0.5) is 0 Å². The predicted octanol–water partition coefficient (Wildman–Crippen LogP) is 2.17. The van der Waals surface area contributed by atoms with Gasteiger partial charge in [-0.2, -0.15) is 0 Å². The highest BCUT2D eigenvalue weighted by Crippen LogP contribution is 2.16.